The summed E-state index contributed by atoms with van der Waals surface area (Å²) in [7, 11) is -2.79. The summed E-state index contributed by atoms with van der Waals surface area (Å²) in [6.07, 6.45) is 1.69. The Morgan fingerprint density at radius 2 is 1.52 bits per heavy atom. The largest absolute Gasteiger partial charge is 0.340 e. The molecule has 0 radical (unpaired) electrons. The van der Waals surface area contributed by atoms with Crippen molar-refractivity contribution in [3.8, 4) is 0 Å². The van der Waals surface area contributed by atoms with Crippen molar-refractivity contribution in [1.29, 1.82) is 0 Å². The molecule has 1 atom stereocenters. The van der Waals surface area contributed by atoms with Gasteiger partial charge in [0.15, 0.2) is 0 Å². The molecule has 0 saturated carbocycles. The van der Waals surface area contributed by atoms with Crippen molar-refractivity contribution in [2.45, 2.75) is 19.4 Å². The van der Waals surface area contributed by atoms with E-state index in [0.29, 0.717) is 6.61 Å². The van der Waals surface area contributed by atoms with Crippen LogP contribution in [0, 0.1) is 0 Å². The van der Waals surface area contributed by atoms with E-state index in [9.17, 15) is 4.57 Å². The Morgan fingerprint density at radius 1 is 0.952 bits per heavy atom. The van der Waals surface area contributed by atoms with E-state index in [1.807, 2.05) is 0 Å². The average Bonchev–Trinajstić information content (AvgIpc) is 2.81. The van der Waals surface area contributed by atoms with Gasteiger partial charge in [0.2, 0.25) is 0 Å². The normalized spacial score (nSPS) is 13.0. The van der Waals surface area contributed by atoms with Crippen LogP contribution in [0.4, 0.5) is 0 Å². The Kier molecular flexibility index (Phi) is 4.39. The maximum atomic E-state index is 10.5. The molecule has 1 heterocycles. The van der Waals surface area contributed by atoms with Crippen LogP contribution in [0.5, 0.6) is 0 Å². The molecule has 5 heteroatoms. The molecular formula is C16H18NO3P. The number of para-hydroxylation sites is 2. The first kappa shape index (κ1) is 14.3. The van der Waals surface area contributed by atoms with E-state index in [4.69, 9.17) is 9.42 Å². The highest BCUT2D eigenvalue weighted by Gasteiger charge is 2.08. The Hall–Kier alpha value is -1.61. The van der Waals surface area contributed by atoms with Crippen LogP contribution in [0.1, 0.15) is 12.8 Å². The number of nitrogens with zero attached hydrogens (tertiary/aromatic N) is 1. The van der Waals surface area contributed by atoms with Crippen molar-refractivity contribution in [3.05, 3.63) is 48.5 Å². The van der Waals surface area contributed by atoms with Crippen molar-refractivity contribution in [2.24, 2.45) is 0 Å². The molecule has 1 aromatic heterocycles. The van der Waals surface area contributed by atoms with Gasteiger partial charge in [0.25, 0.3) is 0 Å². The van der Waals surface area contributed by atoms with E-state index in [1.54, 1.807) is 0 Å². The highest BCUT2D eigenvalue weighted by atomic mass is 31.1. The van der Waals surface area contributed by atoms with Crippen molar-refractivity contribution in [3.63, 3.8) is 0 Å². The van der Waals surface area contributed by atoms with Crippen molar-refractivity contribution >= 4 is 30.1 Å². The molecule has 3 rings (SSSR count). The van der Waals surface area contributed by atoms with Gasteiger partial charge in [-0.25, -0.2) is 0 Å². The van der Waals surface area contributed by atoms with E-state index in [1.165, 1.54) is 21.8 Å². The molecule has 1 N–H and O–H groups in total. The first-order chi connectivity index (χ1) is 10.3. The maximum absolute atomic E-state index is 10.5. The molecular weight excluding hydrogens is 285 g/mol. The highest BCUT2D eigenvalue weighted by Crippen LogP contribution is 2.29. The summed E-state index contributed by atoms with van der Waals surface area (Å²) in [5.74, 6) is 0. The number of unbranched alkanes of at least 4 members (excludes halogenated alkanes) is 1. The molecule has 0 bridgehead atoms. The van der Waals surface area contributed by atoms with E-state index in [2.05, 4.69) is 53.1 Å². The van der Waals surface area contributed by atoms with E-state index < -0.39 is 8.25 Å². The van der Waals surface area contributed by atoms with Gasteiger partial charge in [-0.15, -0.1) is 0 Å². The van der Waals surface area contributed by atoms with E-state index >= 15 is 0 Å². The van der Waals surface area contributed by atoms with Crippen LogP contribution in [-0.2, 0) is 15.6 Å². The molecule has 0 amide bonds. The molecule has 4 nitrogen and oxygen atoms in total. The number of hydrogen-bond acceptors (Lipinski definition) is 2. The Labute approximate surface area is 123 Å². The second-order valence-corrected chi connectivity index (χ2v) is 5.83. The van der Waals surface area contributed by atoms with Crippen molar-refractivity contribution in [1.82, 2.24) is 4.57 Å². The fraction of sp³-hybridized carbons (Fsp3) is 0.250. The minimum Gasteiger partial charge on any atom is -0.340 e. The zero-order valence-electron chi connectivity index (χ0n) is 11.7. The first-order valence-corrected chi connectivity index (χ1v) is 8.35. The lowest BCUT2D eigenvalue weighted by Gasteiger charge is -2.07. The van der Waals surface area contributed by atoms with Gasteiger partial charge in [0, 0.05) is 28.4 Å². The summed E-state index contributed by atoms with van der Waals surface area (Å²) >= 11 is 0. The lowest BCUT2D eigenvalue weighted by molar-refractivity contribution is 0.273. The average molecular weight is 303 g/mol. The monoisotopic (exact) mass is 303 g/mol. The second kappa shape index (κ2) is 6.44. The Balaban J connectivity index is 1.84. The number of aromatic nitrogens is 1. The zero-order valence-corrected chi connectivity index (χ0v) is 12.7. The third kappa shape index (κ3) is 3.03. The smallest absolute Gasteiger partial charge is 0.316 e. The summed E-state index contributed by atoms with van der Waals surface area (Å²) in [5.41, 5.74) is 2.46. The number of hydrogen-bond donors (Lipinski definition) is 1. The van der Waals surface area contributed by atoms with Crippen LogP contribution >= 0.6 is 8.25 Å². The standard InChI is InChI=1S/C16H18NO3P/c18-21(19)20-12-6-5-11-17-15-9-3-1-7-13(15)14-8-2-4-10-16(14)17/h1-4,7-10,21H,5-6,11-12H2,(H,18,19). The van der Waals surface area contributed by atoms with Gasteiger partial charge < -0.3 is 14.0 Å². The molecule has 0 aliphatic carbocycles. The SMILES string of the molecule is O=[PH](O)OCCCCn1c2ccccc2c2ccccc21. The molecule has 110 valence electrons. The van der Waals surface area contributed by atoms with Crippen LogP contribution in [0.25, 0.3) is 21.8 Å². The molecule has 0 spiro atoms. The van der Waals surface area contributed by atoms with Crippen molar-refractivity contribution < 1.29 is 14.0 Å². The Morgan fingerprint density at radius 3 is 2.10 bits per heavy atom. The summed E-state index contributed by atoms with van der Waals surface area (Å²) in [5, 5.41) is 2.54. The number of rotatable bonds is 6. The van der Waals surface area contributed by atoms with Crippen LogP contribution < -0.4 is 0 Å². The van der Waals surface area contributed by atoms with Gasteiger partial charge in [-0.05, 0) is 25.0 Å². The quantitative estimate of drug-likeness (QED) is 0.553. The van der Waals surface area contributed by atoms with Gasteiger partial charge >= 0.3 is 8.25 Å². The number of aryl methyl sites for hydroxylation is 1. The molecule has 0 aliphatic heterocycles. The first-order valence-electron chi connectivity index (χ1n) is 7.09. The van der Waals surface area contributed by atoms with Crippen LogP contribution in [0.15, 0.2) is 48.5 Å². The predicted octanol–water partition coefficient (Wildman–Crippen LogP) is 3.97. The van der Waals surface area contributed by atoms with Crippen LogP contribution in [-0.4, -0.2) is 16.1 Å². The molecule has 0 saturated heterocycles. The minimum atomic E-state index is -2.79. The topological polar surface area (TPSA) is 51.5 Å². The van der Waals surface area contributed by atoms with Crippen molar-refractivity contribution in [2.75, 3.05) is 6.61 Å². The molecule has 1 unspecified atom stereocenters. The minimum absolute atomic E-state index is 0.339. The number of benzene rings is 2. The molecule has 2 aromatic carbocycles. The molecule has 21 heavy (non-hydrogen) atoms. The Bertz CT molecular complexity index is 728. The lowest BCUT2D eigenvalue weighted by Crippen LogP contribution is -1.99. The van der Waals surface area contributed by atoms with E-state index in [-0.39, 0.29) is 0 Å². The molecule has 0 fully saturated rings. The van der Waals surface area contributed by atoms with Gasteiger partial charge in [-0.2, -0.15) is 0 Å². The highest BCUT2D eigenvalue weighted by molar-refractivity contribution is 7.32. The third-order valence-electron chi connectivity index (χ3n) is 3.68. The fourth-order valence-corrected chi connectivity index (χ4v) is 3.09. The van der Waals surface area contributed by atoms with Gasteiger partial charge in [0.05, 0.1) is 6.61 Å². The van der Waals surface area contributed by atoms with Crippen LogP contribution in [0.3, 0.4) is 0 Å². The fourth-order valence-electron chi connectivity index (χ4n) is 2.78. The third-order valence-corrected chi connectivity index (χ3v) is 4.13. The maximum Gasteiger partial charge on any atom is 0.316 e. The van der Waals surface area contributed by atoms with Gasteiger partial charge in [-0.3, -0.25) is 4.57 Å². The predicted molar refractivity (Wildman–Crippen MR) is 85.9 cm³/mol. The van der Waals surface area contributed by atoms with Crippen LogP contribution in [0.2, 0.25) is 0 Å². The summed E-state index contributed by atoms with van der Waals surface area (Å²) in [4.78, 5) is 8.64. The molecule has 0 aliphatic rings. The van der Waals surface area contributed by atoms with Gasteiger partial charge in [-0.1, -0.05) is 36.4 Å². The lowest BCUT2D eigenvalue weighted by atomic mass is 10.2. The molecule has 3 aromatic rings. The zero-order chi connectivity index (χ0) is 14.7. The van der Waals surface area contributed by atoms with Gasteiger partial charge in [0.1, 0.15) is 0 Å². The second-order valence-electron chi connectivity index (χ2n) is 5.01. The summed E-state index contributed by atoms with van der Waals surface area (Å²) in [6.45, 7) is 1.22. The van der Waals surface area contributed by atoms with E-state index in [0.717, 1.165) is 19.4 Å². The summed E-state index contributed by atoms with van der Waals surface area (Å²) < 4.78 is 17.5. The summed E-state index contributed by atoms with van der Waals surface area (Å²) in [6, 6.07) is 16.8. The number of fused-ring (bicyclic) bond motifs is 3.